The minimum Gasteiger partial charge on any atom is -0.373 e. The molecule has 1 rings (SSSR count). The highest BCUT2D eigenvalue weighted by atomic mass is 15.1. The lowest BCUT2D eigenvalue weighted by molar-refractivity contribution is 0.390. The Morgan fingerprint density at radius 2 is 2.00 bits per heavy atom. The summed E-state index contributed by atoms with van der Waals surface area (Å²) in [7, 11) is 0. The molecule has 0 spiro atoms. The summed E-state index contributed by atoms with van der Waals surface area (Å²) < 4.78 is 0. The molecule has 1 nitrogen and oxygen atoms in total. The zero-order valence-corrected chi connectivity index (χ0v) is 8.69. The third-order valence-corrected chi connectivity index (χ3v) is 2.07. The maximum atomic E-state index is 3.66. The number of hydrogen-bond donors (Lipinski definition) is 0. The Morgan fingerprint density at radius 1 is 1.29 bits per heavy atom. The summed E-state index contributed by atoms with van der Waals surface area (Å²) in [5, 5.41) is 0. The predicted octanol–water partition coefficient (Wildman–Crippen LogP) is 3.21. The Morgan fingerprint density at radius 3 is 2.57 bits per heavy atom. The number of nitrogens with zero attached hydrogens (tertiary/aromatic N) is 1. The van der Waals surface area contributed by atoms with E-state index in [0.29, 0.717) is 0 Å². The molecule has 0 bridgehead atoms. The highest BCUT2D eigenvalue weighted by Crippen LogP contribution is 2.04. The van der Waals surface area contributed by atoms with Crippen LogP contribution in [0.1, 0.15) is 12.5 Å². The van der Waals surface area contributed by atoms with Crippen molar-refractivity contribution in [3.05, 3.63) is 60.8 Å². The van der Waals surface area contributed by atoms with Gasteiger partial charge in [-0.3, -0.25) is 0 Å². The van der Waals surface area contributed by atoms with Gasteiger partial charge in [-0.1, -0.05) is 43.0 Å². The summed E-state index contributed by atoms with van der Waals surface area (Å²) in [4.78, 5) is 2.25. The molecule has 0 aliphatic carbocycles. The Labute approximate surface area is 86.4 Å². The van der Waals surface area contributed by atoms with Gasteiger partial charge >= 0.3 is 0 Å². The predicted molar refractivity (Wildman–Crippen MR) is 61.9 cm³/mol. The SMILES string of the molecule is C=C/C=C\N(CC)Cc1ccccc1. The summed E-state index contributed by atoms with van der Waals surface area (Å²) >= 11 is 0. The van der Waals surface area contributed by atoms with Gasteiger partial charge < -0.3 is 4.90 Å². The van der Waals surface area contributed by atoms with Gasteiger partial charge in [-0.2, -0.15) is 0 Å². The fourth-order valence-electron chi connectivity index (χ4n) is 1.27. The number of rotatable bonds is 5. The molecule has 14 heavy (non-hydrogen) atoms. The Kier molecular flexibility index (Phi) is 4.56. The van der Waals surface area contributed by atoms with Gasteiger partial charge in [0, 0.05) is 13.1 Å². The maximum absolute atomic E-state index is 3.66. The number of hydrogen-bond acceptors (Lipinski definition) is 1. The fraction of sp³-hybridized carbons (Fsp3) is 0.231. The molecule has 0 radical (unpaired) electrons. The summed E-state index contributed by atoms with van der Waals surface area (Å²) in [5.74, 6) is 0. The van der Waals surface area contributed by atoms with Crippen molar-refractivity contribution in [1.82, 2.24) is 4.90 Å². The van der Waals surface area contributed by atoms with Crippen LogP contribution in [0.15, 0.2) is 55.3 Å². The molecule has 1 aromatic rings. The summed E-state index contributed by atoms with van der Waals surface area (Å²) in [6.45, 7) is 7.78. The third-order valence-electron chi connectivity index (χ3n) is 2.07. The highest BCUT2D eigenvalue weighted by molar-refractivity contribution is 5.15. The zero-order chi connectivity index (χ0) is 10.2. The molecule has 0 unspecified atom stereocenters. The number of allylic oxidation sites excluding steroid dienone is 2. The van der Waals surface area contributed by atoms with Gasteiger partial charge in [-0.05, 0) is 24.8 Å². The molecule has 0 fully saturated rings. The van der Waals surface area contributed by atoms with E-state index >= 15 is 0 Å². The van der Waals surface area contributed by atoms with E-state index in [1.807, 2.05) is 12.1 Å². The molecule has 1 aromatic carbocycles. The van der Waals surface area contributed by atoms with Crippen LogP contribution in [0, 0.1) is 0 Å². The average Bonchev–Trinajstić information content (AvgIpc) is 2.25. The quantitative estimate of drug-likeness (QED) is 0.640. The van der Waals surface area contributed by atoms with E-state index in [-0.39, 0.29) is 0 Å². The average molecular weight is 187 g/mol. The van der Waals surface area contributed by atoms with E-state index in [2.05, 4.69) is 48.9 Å². The van der Waals surface area contributed by atoms with Crippen LogP contribution in [0.2, 0.25) is 0 Å². The maximum Gasteiger partial charge on any atom is 0.0423 e. The van der Waals surface area contributed by atoms with Gasteiger partial charge in [-0.25, -0.2) is 0 Å². The Balaban J connectivity index is 2.57. The largest absolute Gasteiger partial charge is 0.373 e. The van der Waals surface area contributed by atoms with Crippen molar-refractivity contribution in [2.75, 3.05) is 6.54 Å². The third kappa shape index (κ3) is 3.48. The van der Waals surface area contributed by atoms with Crippen LogP contribution >= 0.6 is 0 Å². The summed E-state index contributed by atoms with van der Waals surface area (Å²) in [6.07, 6.45) is 5.83. The topological polar surface area (TPSA) is 3.24 Å². The van der Waals surface area contributed by atoms with Crippen LogP contribution < -0.4 is 0 Å². The summed E-state index contributed by atoms with van der Waals surface area (Å²) in [6, 6.07) is 10.5. The molecule has 1 heteroatoms. The van der Waals surface area contributed by atoms with Gasteiger partial charge in [0.25, 0.3) is 0 Å². The smallest absolute Gasteiger partial charge is 0.0423 e. The molecule has 0 heterocycles. The van der Waals surface area contributed by atoms with E-state index in [4.69, 9.17) is 0 Å². The Hall–Kier alpha value is -1.50. The lowest BCUT2D eigenvalue weighted by atomic mass is 10.2. The first-order valence-electron chi connectivity index (χ1n) is 4.94. The minimum absolute atomic E-state index is 0.960. The van der Waals surface area contributed by atoms with E-state index in [1.165, 1.54) is 5.56 Å². The van der Waals surface area contributed by atoms with E-state index < -0.39 is 0 Å². The lowest BCUT2D eigenvalue weighted by Crippen LogP contribution is -2.15. The standard InChI is InChI=1S/C13H17N/c1-3-5-11-14(4-2)12-13-9-7-6-8-10-13/h3,5-11H,1,4,12H2,2H3/b11-5-. The normalized spacial score (nSPS) is 10.4. The van der Waals surface area contributed by atoms with Crippen LogP contribution in [0.25, 0.3) is 0 Å². The second kappa shape index (κ2) is 6.03. The van der Waals surface area contributed by atoms with Crippen molar-refractivity contribution in [1.29, 1.82) is 0 Å². The Bertz CT molecular complexity index is 287. The molecule has 0 atom stereocenters. The van der Waals surface area contributed by atoms with Crippen molar-refractivity contribution in [3.8, 4) is 0 Å². The highest BCUT2D eigenvalue weighted by Gasteiger charge is 1.96. The number of benzene rings is 1. The molecule has 74 valence electrons. The van der Waals surface area contributed by atoms with Crippen LogP contribution in [-0.2, 0) is 6.54 Å². The molecule has 0 amide bonds. The van der Waals surface area contributed by atoms with Gasteiger partial charge in [0.05, 0.1) is 0 Å². The zero-order valence-electron chi connectivity index (χ0n) is 8.69. The molecular weight excluding hydrogens is 170 g/mol. The van der Waals surface area contributed by atoms with Crippen LogP contribution in [0.4, 0.5) is 0 Å². The van der Waals surface area contributed by atoms with Crippen LogP contribution in [0.3, 0.4) is 0 Å². The summed E-state index contributed by atoms with van der Waals surface area (Å²) in [5.41, 5.74) is 1.34. The molecule has 0 saturated heterocycles. The monoisotopic (exact) mass is 187 g/mol. The van der Waals surface area contributed by atoms with Gasteiger partial charge in [0.1, 0.15) is 0 Å². The molecule has 0 aromatic heterocycles. The first-order chi connectivity index (χ1) is 6.86. The second-order valence-electron chi connectivity index (χ2n) is 3.13. The van der Waals surface area contributed by atoms with Gasteiger partial charge in [-0.15, -0.1) is 0 Å². The molecule has 0 aliphatic heterocycles. The molecular formula is C13H17N. The van der Waals surface area contributed by atoms with Crippen molar-refractivity contribution in [3.63, 3.8) is 0 Å². The first-order valence-corrected chi connectivity index (χ1v) is 4.94. The first kappa shape index (κ1) is 10.6. The fourth-order valence-corrected chi connectivity index (χ4v) is 1.27. The van der Waals surface area contributed by atoms with E-state index in [0.717, 1.165) is 13.1 Å². The minimum atomic E-state index is 0.960. The van der Waals surface area contributed by atoms with E-state index in [9.17, 15) is 0 Å². The lowest BCUT2D eigenvalue weighted by Gasteiger charge is -2.17. The molecule has 0 aliphatic rings. The van der Waals surface area contributed by atoms with Crippen molar-refractivity contribution < 1.29 is 0 Å². The molecule has 0 saturated carbocycles. The van der Waals surface area contributed by atoms with Crippen molar-refractivity contribution >= 4 is 0 Å². The van der Waals surface area contributed by atoms with Crippen molar-refractivity contribution in [2.45, 2.75) is 13.5 Å². The van der Waals surface area contributed by atoms with Gasteiger partial charge in [0.15, 0.2) is 0 Å². The molecule has 0 N–H and O–H groups in total. The van der Waals surface area contributed by atoms with Gasteiger partial charge in [0.2, 0.25) is 0 Å². The van der Waals surface area contributed by atoms with Crippen LogP contribution in [0.5, 0.6) is 0 Å². The van der Waals surface area contributed by atoms with E-state index in [1.54, 1.807) is 6.08 Å². The van der Waals surface area contributed by atoms with Crippen molar-refractivity contribution in [2.24, 2.45) is 0 Å². The second-order valence-corrected chi connectivity index (χ2v) is 3.13. The van der Waals surface area contributed by atoms with Crippen LogP contribution in [-0.4, -0.2) is 11.4 Å².